The second-order valence-corrected chi connectivity index (χ2v) is 5.94. The molecule has 0 radical (unpaired) electrons. The van der Waals surface area contributed by atoms with E-state index in [-0.39, 0.29) is 0 Å². The third-order valence-electron chi connectivity index (χ3n) is 4.12. The predicted octanol–water partition coefficient (Wildman–Crippen LogP) is 6.06. The van der Waals surface area contributed by atoms with Crippen molar-refractivity contribution in [2.45, 2.75) is 6.92 Å². The monoisotopic (exact) mass is 341 g/mol. The van der Waals surface area contributed by atoms with Crippen molar-refractivity contribution in [1.82, 2.24) is 4.98 Å². The van der Waals surface area contributed by atoms with Crippen LogP contribution in [0.2, 0.25) is 0 Å². The van der Waals surface area contributed by atoms with E-state index in [2.05, 4.69) is 29.2 Å². The summed E-state index contributed by atoms with van der Waals surface area (Å²) >= 11 is 0. The minimum absolute atomic E-state index is 0.596. The van der Waals surface area contributed by atoms with Crippen molar-refractivity contribution in [1.29, 1.82) is 0 Å². The van der Waals surface area contributed by atoms with Crippen molar-refractivity contribution in [3.05, 3.63) is 84.3 Å². The molecule has 0 saturated heterocycles. The van der Waals surface area contributed by atoms with Gasteiger partial charge in [0.25, 0.3) is 0 Å². The lowest BCUT2D eigenvalue weighted by Gasteiger charge is -2.01. The molecule has 0 unspecified atom stereocenters. The maximum atomic E-state index is 5.82. The lowest BCUT2D eigenvalue weighted by molar-refractivity contribution is 0.340. The molecule has 128 valence electrons. The summed E-state index contributed by atoms with van der Waals surface area (Å²) in [7, 11) is 0. The van der Waals surface area contributed by atoms with E-state index in [1.165, 1.54) is 5.56 Å². The Bertz CT molecular complexity index is 1030. The number of benzene rings is 3. The molecule has 4 rings (SSSR count). The maximum absolute atomic E-state index is 5.82. The third-order valence-corrected chi connectivity index (χ3v) is 4.12. The number of nitrogens with zero attached hydrogens (tertiary/aromatic N) is 1. The molecule has 0 bridgehead atoms. The second-order valence-electron chi connectivity index (χ2n) is 5.94. The van der Waals surface area contributed by atoms with E-state index in [1.807, 2.05) is 67.6 Å². The van der Waals surface area contributed by atoms with Crippen LogP contribution in [0.3, 0.4) is 0 Å². The van der Waals surface area contributed by atoms with Gasteiger partial charge in [-0.1, -0.05) is 48.5 Å². The van der Waals surface area contributed by atoms with Crippen LogP contribution >= 0.6 is 0 Å². The van der Waals surface area contributed by atoms with Gasteiger partial charge in [0, 0.05) is 6.08 Å². The molecule has 1 aromatic heterocycles. The molecule has 0 spiro atoms. The Morgan fingerprint density at radius 2 is 1.69 bits per heavy atom. The molecule has 0 saturated carbocycles. The summed E-state index contributed by atoms with van der Waals surface area (Å²) in [6.07, 6.45) is 3.87. The van der Waals surface area contributed by atoms with E-state index >= 15 is 0 Å². The van der Waals surface area contributed by atoms with Crippen LogP contribution < -0.4 is 4.74 Å². The Hall–Kier alpha value is -3.33. The summed E-state index contributed by atoms with van der Waals surface area (Å²) in [6, 6.07) is 24.3. The molecular formula is C23H19NO2. The van der Waals surface area contributed by atoms with Crippen molar-refractivity contribution in [3.63, 3.8) is 0 Å². The van der Waals surface area contributed by atoms with Crippen LogP contribution in [0, 0.1) is 0 Å². The molecule has 0 aliphatic heterocycles. The van der Waals surface area contributed by atoms with Crippen LogP contribution in [0.15, 0.2) is 77.2 Å². The van der Waals surface area contributed by atoms with Crippen LogP contribution in [0.1, 0.15) is 18.4 Å². The minimum Gasteiger partial charge on any atom is -0.494 e. The smallest absolute Gasteiger partial charge is 0.220 e. The van der Waals surface area contributed by atoms with Gasteiger partial charge in [0.2, 0.25) is 5.89 Å². The number of ether oxygens (including phenoxy) is 1. The molecule has 0 amide bonds. The van der Waals surface area contributed by atoms with Gasteiger partial charge in [0.15, 0.2) is 5.58 Å². The molecule has 4 aromatic rings. The first kappa shape index (κ1) is 16.2. The zero-order chi connectivity index (χ0) is 17.8. The highest BCUT2D eigenvalue weighted by molar-refractivity contribution is 5.82. The number of fused-ring (bicyclic) bond motifs is 1. The molecule has 0 aliphatic rings. The van der Waals surface area contributed by atoms with E-state index in [0.717, 1.165) is 28.0 Å². The zero-order valence-electron chi connectivity index (χ0n) is 14.6. The van der Waals surface area contributed by atoms with Crippen LogP contribution in [0.25, 0.3) is 34.4 Å². The molecule has 3 nitrogen and oxygen atoms in total. The first-order chi connectivity index (χ1) is 12.8. The van der Waals surface area contributed by atoms with Gasteiger partial charge in [-0.3, -0.25) is 0 Å². The fourth-order valence-electron chi connectivity index (χ4n) is 2.84. The summed E-state index contributed by atoms with van der Waals surface area (Å²) in [5.41, 5.74) is 5.02. The first-order valence-electron chi connectivity index (χ1n) is 8.69. The van der Waals surface area contributed by atoms with Gasteiger partial charge < -0.3 is 9.15 Å². The molecule has 0 atom stereocenters. The van der Waals surface area contributed by atoms with Crippen molar-refractivity contribution in [2.24, 2.45) is 0 Å². The van der Waals surface area contributed by atoms with E-state index in [0.29, 0.717) is 12.5 Å². The van der Waals surface area contributed by atoms with Gasteiger partial charge in [-0.2, -0.15) is 0 Å². The Morgan fingerprint density at radius 1 is 0.885 bits per heavy atom. The van der Waals surface area contributed by atoms with E-state index < -0.39 is 0 Å². The van der Waals surface area contributed by atoms with E-state index in [9.17, 15) is 0 Å². The molecular weight excluding hydrogens is 322 g/mol. The van der Waals surface area contributed by atoms with Gasteiger partial charge in [-0.15, -0.1) is 0 Å². The molecule has 3 heteroatoms. The Labute approximate surface area is 152 Å². The number of hydrogen-bond acceptors (Lipinski definition) is 3. The zero-order valence-corrected chi connectivity index (χ0v) is 14.6. The fourth-order valence-corrected chi connectivity index (χ4v) is 2.84. The second kappa shape index (κ2) is 7.28. The van der Waals surface area contributed by atoms with Gasteiger partial charge in [-0.05, 0) is 54.0 Å². The normalized spacial score (nSPS) is 11.3. The molecule has 1 heterocycles. The SMILES string of the molecule is CCOc1ccc(C=Cc2nc3cc(-c4ccccc4)ccc3o2)cc1. The number of rotatable bonds is 5. The van der Waals surface area contributed by atoms with E-state index in [1.54, 1.807) is 0 Å². The first-order valence-corrected chi connectivity index (χ1v) is 8.69. The topological polar surface area (TPSA) is 35.3 Å². The number of hydrogen-bond donors (Lipinski definition) is 0. The number of oxazole rings is 1. The summed E-state index contributed by atoms with van der Waals surface area (Å²) in [5, 5.41) is 0. The highest BCUT2D eigenvalue weighted by Gasteiger charge is 2.05. The standard InChI is InChI=1S/C23H19NO2/c1-2-25-20-12-8-17(9-13-20)10-15-23-24-21-16-19(11-14-22(21)26-23)18-6-4-3-5-7-18/h3-16H,2H2,1H3. The lowest BCUT2D eigenvalue weighted by Crippen LogP contribution is -1.90. The van der Waals surface area contributed by atoms with Crippen LogP contribution in [-0.4, -0.2) is 11.6 Å². The van der Waals surface area contributed by atoms with Gasteiger partial charge in [0.1, 0.15) is 11.3 Å². The average Bonchev–Trinajstić information content (AvgIpc) is 3.10. The molecule has 0 fully saturated rings. The van der Waals surface area contributed by atoms with Crippen molar-refractivity contribution in [3.8, 4) is 16.9 Å². The Morgan fingerprint density at radius 3 is 2.46 bits per heavy atom. The quantitative estimate of drug-likeness (QED) is 0.442. The largest absolute Gasteiger partial charge is 0.494 e. The van der Waals surface area contributed by atoms with Gasteiger partial charge >= 0.3 is 0 Å². The minimum atomic E-state index is 0.596. The van der Waals surface area contributed by atoms with Gasteiger partial charge in [-0.25, -0.2) is 4.98 Å². The summed E-state index contributed by atoms with van der Waals surface area (Å²) in [5.74, 6) is 1.47. The molecule has 26 heavy (non-hydrogen) atoms. The third kappa shape index (κ3) is 3.52. The fraction of sp³-hybridized carbons (Fsp3) is 0.0870. The molecule has 0 N–H and O–H groups in total. The van der Waals surface area contributed by atoms with E-state index in [4.69, 9.17) is 9.15 Å². The highest BCUT2D eigenvalue weighted by Crippen LogP contribution is 2.25. The summed E-state index contributed by atoms with van der Waals surface area (Å²) in [6.45, 7) is 2.65. The van der Waals surface area contributed by atoms with Crippen molar-refractivity contribution >= 4 is 23.3 Å². The Kier molecular flexibility index (Phi) is 4.52. The van der Waals surface area contributed by atoms with Crippen LogP contribution in [0.4, 0.5) is 0 Å². The summed E-state index contributed by atoms with van der Waals surface area (Å²) < 4.78 is 11.3. The lowest BCUT2D eigenvalue weighted by atomic mass is 10.1. The average molecular weight is 341 g/mol. The molecule has 3 aromatic carbocycles. The molecule has 0 aliphatic carbocycles. The number of aromatic nitrogens is 1. The van der Waals surface area contributed by atoms with Crippen LogP contribution in [-0.2, 0) is 0 Å². The predicted molar refractivity (Wildman–Crippen MR) is 106 cm³/mol. The Balaban J connectivity index is 1.57. The highest BCUT2D eigenvalue weighted by atomic mass is 16.5. The summed E-state index contributed by atoms with van der Waals surface area (Å²) in [4.78, 5) is 4.58. The van der Waals surface area contributed by atoms with Crippen LogP contribution in [0.5, 0.6) is 5.75 Å². The van der Waals surface area contributed by atoms with Gasteiger partial charge in [0.05, 0.1) is 6.61 Å². The van der Waals surface area contributed by atoms with Crippen molar-refractivity contribution in [2.75, 3.05) is 6.61 Å². The maximum Gasteiger partial charge on any atom is 0.220 e. The van der Waals surface area contributed by atoms with Crippen molar-refractivity contribution < 1.29 is 9.15 Å².